The van der Waals surface area contributed by atoms with Crippen molar-refractivity contribution in [3.8, 4) is 0 Å². The van der Waals surface area contributed by atoms with Gasteiger partial charge in [-0.1, -0.05) is 6.58 Å². The standard InChI is InChI=1S/C9H14O6/c1-2-7(12)14-4-6(11)9-8(13)5(10)3-15-9/h2,5-6,8-11,13H,1,3-4H2/t5-,6-,8+,9?/m1/s1. The summed E-state index contributed by atoms with van der Waals surface area (Å²) in [5, 5.41) is 28.0. The first kappa shape index (κ1) is 12.1. The lowest BCUT2D eigenvalue weighted by atomic mass is 10.1. The minimum atomic E-state index is -1.17. The highest BCUT2D eigenvalue weighted by Gasteiger charge is 2.39. The Hall–Kier alpha value is -0.950. The van der Waals surface area contributed by atoms with E-state index in [0.717, 1.165) is 6.08 Å². The molecule has 3 N–H and O–H groups in total. The molecule has 1 rings (SSSR count). The highest BCUT2D eigenvalue weighted by atomic mass is 16.6. The van der Waals surface area contributed by atoms with Crippen molar-refractivity contribution < 1.29 is 29.6 Å². The Balaban J connectivity index is 2.37. The van der Waals surface area contributed by atoms with Gasteiger partial charge in [-0.05, 0) is 0 Å². The predicted molar refractivity (Wildman–Crippen MR) is 48.9 cm³/mol. The second-order valence-corrected chi connectivity index (χ2v) is 3.26. The van der Waals surface area contributed by atoms with Crippen LogP contribution in [0.3, 0.4) is 0 Å². The largest absolute Gasteiger partial charge is 0.460 e. The van der Waals surface area contributed by atoms with Gasteiger partial charge >= 0.3 is 5.97 Å². The molecule has 1 fully saturated rings. The molecular formula is C9H14O6. The molecule has 1 unspecified atom stereocenters. The number of rotatable bonds is 4. The van der Waals surface area contributed by atoms with E-state index < -0.39 is 30.4 Å². The zero-order valence-corrected chi connectivity index (χ0v) is 8.07. The summed E-state index contributed by atoms with van der Waals surface area (Å²) in [6.07, 6.45) is -3.31. The molecule has 1 saturated heterocycles. The second kappa shape index (κ2) is 5.22. The van der Waals surface area contributed by atoms with Crippen molar-refractivity contribution in [1.82, 2.24) is 0 Å². The summed E-state index contributed by atoms with van der Waals surface area (Å²) in [5.41, 5.74) is 0. The maximum Gasteiger partial charge on any atom is 0.330 e. The summed E-state index contributed by atoms with van der Waals surface area (Å²) in [4.78, 5) is 10.7. The third-order valence-electron chi connectivity index (χ3n) is 2.13. The summed E-state index contributed by atoms with van der Waals surface area (Å²) in [6.45, 7) is 2.84. The second-order valence-electron chi connectivity index (χ2n) is 3.26. The Morgan fingerprint density at radius 3 is 2.80 bits per heavy atom. The minimum Gasteiger partial charge on any atom is -0.460 e. The summed E-state index contributed by atoms with van der Waals surface area (Å²) in [6, 6.07) is 0. The van der Waals surface area contributed by atoms with Gasteiger partial charge in [0.15, 0.2) is 0 Å². The monoisotopic (exact) mass is 218 g/mol. The molecule has 15 heavy (non-hydrogen) atoms. The van der Waals surface area contributed by atoms with Crippen molar-refractivity contribution in [1.29, 1.82) is 0 Å². The third-order valence-corrected chi connectivity index (χ3v) is 2.13. The van der Waals surface area contributed by atoms with Crippen LogP contribution in [0.1, 0.15) is 0 Å². The van der Waals surface area contributed by atoms with Crippen LogP contribution < -0.4 is 0 Å². The van der Waals surface area contributed by atoms with E-state index in [1.807, 2.05) is 0 Å². The van der Waals surface area contributed by atoms with Gasteiger partial charge < -0.3 is 24.8 Å². The lowest BCUT2D eigenvalue weighted by Crippen LogP contribution is -2.41. The topological polar surface area (TPSA) is 96.2 Å². The van der Waals surface area contributed by atoms with Gasteiger partial charge in [0.25, 0.3) is 0 Å². The van der Waals surface area contributed by atoms with Gasteiger partial charge in [-0.25, -0.2) is 4.79 Å². The number of carbonyl (C=O) groups excluding carboxylic acids is 1. The van der Waals surface area contributed by atoms with Crippen molar-refractivity contribution in [3.05, 3.63) is 12.7 Å². The fraction of sp³-hybridized carbons (Fsp3) is 0.667. The van der Waals surface area contributed by atoms with Crippen LogP contribution in [0.4, 0.5) is 0 Å². The van der Waals surface area contributed by atoms with Crippen LogP contribution >= 0.6 is 0 Å². The lowest BCUT2D eigenvalue weighted by Gasteiger charge is -2.20. The van der Waals surface area contributed by atoms with E-state index in [-0.39, 0.29) is 13.2 Å². The molecule has 6 heteroatoms. The molecule has 86 valence electrons. The van der Waals surface area contributed by atoms with Crippen molar-refractivity contribution in [3.63, 3.8) is 0 Å². The quantitative estimate of drug-likeness (QED) is 0.380. The van der Waals surface area contributed by atoms with Crippen LogP contribution in [0.5, 0.6) is 0 Å². The summed E-state index contributed by atoms with van der Waals surface area (Å²) < 4.78 is 9.51. The van der Waals surface area contributed by atoms with Gasteiger partial charge in [-0.3, -0.25) is 0 Å². The first-order chi connectivity index (χ1) is 7.06. The van der Waals surface area contributed by atoms with Gasteiger partial charge in [0, 0.05) is 6.08 Å². The van der Waals surface area contributed by atoms with E-state index in [4.69, 9.17) is 9.84 Å². The SMILES string of the molecule is C=CC(=O)OC[C@@H](O)C1OC[C@@H](O)[C@@H]1O. The number of carbonyl (C=O) groups is 1. The fourth-order valence-corrected chi connectivity index (χ4v) is 1.29. The normalized spacial score (nSPS) is 32.3. The molecular weight excluding hydrogens is 204 g/mol. The van der Waals surface area contributed by atoms with Crippen molar-refractivity contribution >= 4 is 5.97 Å². The van der Waals surface area contributed by atoms with E-state index >= 15 is 0 Å². The van der Waals surface area contributed by atoms with Crippen LogP contribution in [0, 0.1) is 0 Å². The van der Waals surface area contributed by atoms with Crippen LogP contribution in [0.2, 0.25) is 0 Å². The molecule has 0 aliphatic carbocycles. The number of hydrogen-bond donors (Lipinski definition) is 3. The summed E-state index contributed by atoms with van der Waals surface area (Å²) >= 11 is 0. The molecule has 0 aromatic carbocycles. The number of esters is 1. The molecule has 0 radical (unpaired) electrons. The third kappa shape index (κ3) is 3.00. The van der Waals surface area contributed by atoms with Crippen LogP contribution in [-0.4, -0.2) is 58.9 Å². The molecule has 0 amide bonds. The fourth-order valence-electron chi connectivity index (χ4n) is 1.29. The molecule has 0 bridgehead atoms. The molecule has 1 aliphatic rings. The average molecular weight is 218 g/mol. The Morgan fingerprint density at radius 1 is 1.67 bits per heavy atom. The van der Waals surface area contributed by atoms with Gasteiger partial charge in [0.1, 0.15) is 31.0 Å². The number of ether oxygens (including phenoxy) is 2. The Kier molecular flexibility index (Phi) is 4.22. The molecule has 0 spiro atoms. The number of aliphatic hydroxyl groups is 3. The first-order valence-corrected chi connectivity index (χ1v) is 4.51. The smallest absolute Gasteiger partial charge is 0.330 e. The zero-order chi connectivity index (χ0) is 11.4. The van der Waals surface area contributed by atoms with Crippen molar-refractivity contribution in [2.45, 2.75) is 24.4 Å². The molecule has 0 saturated carbocycles. The van der Waals surface area contributed by atoms with Gasteiger partial charge in [0.05, 0.1) is 6.61 Å². The summed E-state index contributed by atoms with van der Waals surface area (Å²) in [7, 11) is 0. The predicted octanol–water partition coefficient (Wildman–Crippen LogP) is -1.80. The van der Waals surface area contributed by atoms with Crippen LogP contribution in [0.25, 0.3) is 0 Å². The van der Waals surface area contributed by atoms with Crippen LogP contribution in [-0.2, 0) is 14.3 Å². The highest BCUT2D eigenvalue weighted by Crippen LogP contribution is 2.17. The summed E-state index contributed by atoms with van der Waals surface area (Å²) in [5.74, 6) is -0.665. The zero-order valence-electron chi connectivity index (χ0n) is 8.07. The Bertz CT molecular complexity index is 241. The Labute approximate surface area is 86.7 Å². The van der Waals surface area contributed by atoms with Gasteiger partial charge in [-0.15, -0.1) is 0 Å². The molecule has 6 nitrogen and oxygen atoms in total. The van der Waals surface area contributed by atoms with E-state index in [9.17, 15) is 15.0 Å². The van der Waals surface area contributed by atoms with Gasteiger partial charge in [-0.2, -0.15) is 0 Å². The number of hydrogen-bond acceptors (Lipinski definition) is 6. The van der Waals surface area contributed by atoms with E-state index in [0.29, 0.717) is 0 Å². The maximum atomic E-state index is 10.7. The first-order valence-electron chi connectivity index (χ1n) is 4.51. The Morgan fingerprint density at radius 2 is 2.33 bits per heavy atom. The molecule has 0 aromatic rings. The molecule has 0 aromatic heterocycles. The van der Waals surface area contributed by atoms with Crippen molar-refractivity contribution in [2.24, 2.45) is 0 Å². The molecule has 4 atom stereocenters. The van der Waals surface area contributed by atoms with Crippen molar-refractivity contribution in [2.75, 3.05) is 13.2 Å². The number of aliphatic hydroxyl groups excluding tert-OH is 3. The molecule has 1 heterocycles. The van der Waals surface area contributed by atoms with E-state index in [1.165, 1.54) is 0 Å². The van der Waals surface area contributed by atoms with E-state index in [1.54, 1.807) is 0 Å². The van der Waals surface area contributed by atoms with Crippen LogP contribution in [0.15, 0.2) is 12.7 Å². The van der Waals surface area contributed by atoms with E-state index in [2.05, 4.69) is 11.3 Å². The minimum absolute atomic E-state index is 0.0434. The van der Waals surface area contributed by atoms with Gasteiger partial charge in [0.2, 0.25) is 0 Å². The lowest BCUT2D eigenvalue weighted by molar-refractivity contribution is -0.145. The molecule has 1 aliphatic heterocycles. The maximum absolute atomic E-state index is 10.7. The highest BCUT2D eigenvalue weighted by molar-refractivity contribution is 5.81. The average Bonchev–Trinajstić information content (AvgIpc) is 2.56.